The normalized spacial score (nSPS) is 22.4. The zero-order valence-corrected chi connectivity index (χ0v) is 13.3. The monoisotopic (exact) mass is 269 g/mol. The van der Waals surface area contributed by atoms with Gasteiger partial charge in [0.1, 0.15) is 0 Å². The van der Waals surface area contributed by atoms with Crippen LogP contribution in [-0.2, 0) is 4.74 Å². The summed E-state index contributed by atoms with van der Waals surface area (Å²) >= 11 is 0. The van der Waals surface area contributed by atoms with E-state index in [9.17, 15) is 0 Å². The van der Waals surface area contributed by atoms with E-state index in [0.29, 0.717) is 6.04 Å². The summed E-state index contributed by atoms with van der Waals surface area (Å²) in [6.07, 6.45) is 16.8. The van der Waals surface area contributed by atoms with Gasteiger partial charge in [0.25, 0.3) is 0 Å². The number of nitrogens with one attached hydrogen (secondary N) is 1. The maximum Gasteiger partial charge on any atom is 0.0615 e. The van der Waals surface area contributed by atoms with E-state index in [0.717, 1.165) is 12.6 Å². The van der Waals surface area contributed by atoms with Crippen molar-refractivity contribution < 1.29 is 4.74 Å². The Balaban J connectivity index is 2.32. The summed E-state index contributed by atoms with van der Waals surface area (Å²) in [5.41, 5.74) is 0. The molecule has 0 bridgehead atoms. The Bertz CT molecular complexity index is 184. The van der Waals surface area contributed by atoms with E-state index in [4.69, 9.17) is 4.74 Å². The summed E-state index contributed by atoms with van der Waals surface area (Å²) in [5.74, 6) is 0. The highest BCUT2D eigenvalue weighted by Gasteiger charge is 2.14. The van der Waals surface area contributed by atoms with Crippen LogP contribution in [0.4, 0.5) is 0 Å². The van der Waals surface area contributed by atoms with Crippen molar-refractivity contribution in [1.29, 1.82) is 0 Å². The molecule has 1 rings (SSSR count). The van der Waals surface area contributed by atoms with Crippen LogP contribution in [-0.4, -0.2) is 25.8 Å². The van der Waals surface area contributed by atoms with Crippen LogP contribution in [0.3, 0.4) is 0 Å². The zero-order chi connectivity index (χ0) is 13.8. The number of hydrogen-bond acceptors (Lipinski definition) is 2. The first kappa shape index (κ1) is 17.0. The fourth-order valence-corrected chi connectivity index (χ4v) is 3.15. The van der Waals surface area contributed by atoms with Gasteiger partial charge in [-0.05, 0) is 19.3 Å². The molecule has 1 saturated carbocycles. The van der Waals surface area contributed by atoms with E-state index >= 15 is 0 Å². The molecule has 1 N–H and O–H groups in total. The molecule has 2 nitrogen and oxygen atoms in total. The predicted molar refractivity (Wildman–Crippen MR) is 83.7 cm³/mol. The number of rotatable bonds is 5. The Kier molecular flexibility index (Phi) is 10.5. The summed E-state index contributed by atoms with van der Waals surface area (Å²) in [5, 5.41) is 3.83. The van der Waals surface area contributed by atoms with Crippen molar-refractivity contribution in [2.24, 2.45) is 0 Å². The lowest BCUT2D eigenvalue weighted by Gasteiger charge is -2.25. The first-order valence-corrected chi connectivity index (χ1v) is 8.61. The molecule has 1 atom stereocenters. The molecule has 1 aliphatic rings. The van der Waals surface area contributed by atoms with Gasteiger partial charge >= 0.3 is 0 Å². The largest absolute Gasteiger partial charge is 0.383 e. The quantitative estimate of drug-likeness (QED) is 0.783. The van der Waals surface area contributed by atoms with Crippen molar-refractivity contribution in [3.05, 3.63) is 0 Å². The highest BCUT2D eigenvalue weighted by atomic mass is 16.5. The molecule has 1 fully saturated rings. The minimum atomic E-state index is 0.544. The number of ether oxygens (including phenoxy) is 1. The van der Waals surface area contributed by atoms with Gasteiger partial charge in [0.15, 0.2) is 0 Å². The Morgan fingerprint density at radius 1 is 0.895 bits per heavy atom. The molecule has 0 amide bonds. The van der Waals surface area contributed by atoms with Gasteiger partial charge in [-0.2, -0.15) is 0 Å². The second-order valence-corrected chi connectivity index (χ2v) is 6.18. The van der Waals surface area contributed by atoms with E-state index in [1.807, 2.05) is 7.11 Å². The third-order valence-electron chi connectivity index (χ3n) is 4.44. The molecular formula is C17H35NO. The van der Waals surface area contributed by atoms with Gasteiger partial charge in [0, 0.05) is 19.2 Å². The molecule has 19 heavy (non-hydrogen) atoms. The molecule has 0 heterocycles. The fraction of sp³-hybridized carbons (Fsp3) is 1.00. The average molecular weight is 269 g/mol. The van der Waals surface area contributed by atoms with Gasteiger partial charge in [-0.1, -0.05) is 64.7 Å². The van der Waals surface area contributed by atoms with Gasteiger partial charge in [-0.3, -0.25) is 0 Å². The summed E-state index contributed by atoms with van der Waals surface area (Å²) in [6, 6.07) is 1.27. The van der Waals surface area contributed by atoms with E-state index in [1.54, 1.807) is 0 Å². The molecule has 0 radical (unpaired) electrons. The lowest BCUT2D eigenvalue weighted by Crippen LogP contribution is -2.40. The molecular weight excluding hydrogens is 234 g/mol. The summed E-state index contributed by atoms with van der Waals surface area (Å²) in [7, 11) is 1.81. The molecule has 0 saturated heterocycles. The highest BCUT2D eigenvalue weighted by Crippen LogP contribution is 2.17. The highest BCUT2D eigenvalue weighted by molar-refractivity contribution is 4.74. The van der Waals surface area contributed by atoms with Gasteiger partial charge in [0.2, 0.25) is 0 Å². The molecule has 1 unspecified atom stereocenters. The van der Waals surface area contributed by atoms with Crippen LogP contribution in [0.1, 0.15) is 84.0 Å². The van der Waals surface area contributed by atoms with Crippen LogP contribution in [0, 0.1) is 0 Å². The molecule has 114 valence electrons. The Labute approximate surface area is 120 Å². The third-order valence-corrected chi connectivity index (χ3v) is 4.44. The second-order valence-electron chi connectivity index (χ2n) is 6.18. The summed E-state index contributed by atoms with van der Waals surface area (Å²) in [6.45, 7) is 3.11. The van der Waals surface area contributed by atoms with Gasteiger partial charge in [0.05, 0.1) is 6.61 Å². The van der Waals surface area contributed by atoms with Crippen molar-refractivity contribution in [3.63, 3.8) is 0 Å². The third kappa shape index (κ3) is 8.65. The minimum absolute atomic E-state index is 0.544. The molecule has 0 aromatic rings. The first-order chi connectivity index (χ1) is 9.36. The van der Waals surface area contributed by atoms with Crippen LogP contribution in [0.2, 0.25) is 0 Å². The Morgan fingerprint density at radius 2 is 1.37 bits per heavy atom. The smallest absolute Gasteiger partial charge is 0.0615 e. The van der Waals surface area contributed by atoms with Crippen molar-refractivity contribution in [2.45, 2.75) is 96.1 Å². The van der Waals surface area contributed by atoms with Gasteiger partial charge in [-0.15, -0.1) is 0 Å². The summed E-state index contributed by atoms with van der Waals surface area (Å²) < 4.78 is 5.31. The van der Waals surface area contributed by atoms with Crippen LogP contribution in [0.15, 0.2) is 0 Å². The molecule has 0 aromatic heterocycles. The molecule has 0 aromatic carbocycles. The lowest BCUT2D eigenvalue weighted by molar-refractivity contribution is 0.155. The van der Waals surface area contributed by atoms with Crippen LogP contribution >= 0.6 is 0 Å². The fourth-order valence-electron chi connectivity index (χ4n) is 3.15. The second kappa shape index (κ2) is 11.7. The number of methoxy groups -OCH3 is 1. The lowest BCUT2D eigenvalue weighted by atomic mass is 9.97. The Hall–Kier alpha value is -0.0800. The van der Waals surface area contributed by atoms with Crippen LogP contribution < -0.4 is 5.32 Å². The van der Waals surface area contributed by atoms with Crippen molar-refractivity contribution in [2.75, 3.05) is 13.7 Å². The maximum atomic E-state index is 5.31. The van der Waals surface area contributed by atoms with E-state index in [1.165, 1.54) is 77.0 Å². The molecule has 0 spiro atoms. The van der Waals surface area contributed by atoms with E-state index in [-0.39, 0.29) is 0 Å². The van der Waals surface area contributed by atoms with Crippen LogP contribution in [0.5, 0.6) is 0 Å². The van der Waals surface area contributed by atoms with Crippen molar-refractivity contribution in [1.82, 2.24) is 5.32 Å². The molecule has 1 aliphatic carbocycles. The molecule has 0 aliphatic heterocycles. The van der Waals surface area contributed by atoms with Crippen LogP contribution in [0.25, 0.3) is 0 Å². The maximum absolute atomic E-state index is 5.31. The average Bonchev–Trinajstić information content (AvgIpc) is 2.41. The topological polar surface area (TPSA) is 21.3 Å². The minimum Gasteiger partial charge on any atom is -0.383 e. The van der Waals surface area contributed by atoms with E-state index in [2.05, 4.69) is 12.2 Å². The standard InChI is InChI=1S/C17H35NO/c1-3-16(15-19-2)18-17-13-11-9-7-5-4-6-8-10-12-14-17/h16-18H,3-15H2,1-2H3. The van der Waals surface area contributed by atoms with Gasteiger partial charge < -0.3 is 10.1 Å². The Morgan fingerprint density at radius 3 is 1.79 bits per heavy atom. The SMILES string of the molecule is CCC(COC)NC1CCCCCCCCCCC1. The van der Waals surface area contributed by atoms with E-state index < -0.39 is 0 Å². The van der Waals surface area contributed by atoms with Gasteiger partial charge in [-0.25, -0.2) is 0 Å². The first-order valence-electron chi connectivity index (χ1n) is 8.61. The van der Waals surface area contributed by atoms with Crippen molar-refractivity contribution in [3.8, 4) is 0 Å². The summed E-state index contributed by atoms with van der Waals surface area (Å²) in [4.78, 5) is 0. The predicted octanol–water partition coefficient (Wildman–Crippen LogP) is 4.67. The number of hydrogen-bond donors (Lipinski definition) is 1. The zero-order valence-electron chi connectivity index (χ0n) is 13.3. The molecule has 2 heteroatoms. The van der Waals surface area contributed by atoms with Crippen molar-refractivity contribution >= 4 is 0 Å².